The van der Waals surface area contributed by atoms with E-state index in [1.807, 2.05) is 45.9 Å². The lowest BCUT2D eigenvalue weighted by Gasteiger charge is -2.45. The number of aromatic nitrogens is 4. The molecule has 1 amide bonds. The van der Waals surface area contributed by atoms with Crippen LogP contribution in [0.5, 0.6) is 0 Å². The Morgan fingerprint density at radius 3 is 2.72 bits per heavy atom. The Morgan fingerprint density at radius 2 is 2.03 bits per heavy atom. The van der Waals surface area contributed by atoms with E-state index >= 15 is 0 Å². The van der Waals surface area contributed by atoms with E-state index in [1.165, 1.54) is 0 Å². The quantitative estimate of drug-likeness (QED) is 0.744. The molecule has 9 heteroatoms. The third-order valence-corrected chi connectivity index (χ3v) is 5.95. The molecule has 0 radical (unpaired) electrons. The Balaban J connectivity index is 1.43. The van der Waals surface area contributed by atoms with Gasteiger partial charge in [0.15, 0.2) is 6.10 Å². The number of fused-ring (bicyclic) bond motifs is 2. The summed E-state index contributed by atoms with van der Waals surface area (Å²) in [5, 5.41) is 3.01. The van der Waals surface area contributed by atoms with Gasteiger partial charge >= 0.3 is 0 Å². The van der Waals surface area contributed by atoms with Crippen LogP contribution >= 0.6 is 0 Å². The van der Waals surface area contributed by atoms with Gasteiger partial charge in [0.1, 0.15) is 17.2 Å². The van der Waals surface area contributed by atoms with Crippen LogP contribution in [-0.4, -0.2) is 81.2 Å². The lowest BCUT2D eigenvalue weighted by atomic mass is 9.88. The topological polar surface area (TPSA) is 80.5 Å². The van der Waals surface area contributed by atoms with Crippen molar-refractivity contribution in [3.05, 3.63) is 36.4 Å². The van der Waals surface area contributed by atoms with Crippen LogP contribution in [-0.2, 0) is 35.3 Å². The predicted octanol–water partition coefficient (Wildman–Crippen LogP) is 0.185. The van der Waals surface area contributed by atoms with E-state index in [0.717, 1.165) is 50.7 Å². The Bertz CT molecular complexity index is 836. The summed E-state index contributed by atoms with van der Waals surface area (Å²) in [7, 11) is 6.01. The smallest absolute Gasteiger partial charge is 0.251 e. The van der Waals surface area contributed by atoms with Gasteiger partial charge in [0.05, 0.1) is 13.1 Å². The number of carbonyl (C=O) groups excluding carboxylic acids is 1. The SMILES string of the molecule is CN(C)CCNC(=O)[C@H]1Cn2ccnc2C2(CCN(Cc3nccn3C)CC2)O1. The number of ether oxygens (including phenoxy) is 1. The fraction of sp³-hybridized carbons (Fsp3) is 0.650. The van der Waals surface area contributed by atoms with Crippen LogP contribution in [0.25, 0.3) is 0 Å². The Kier molecular flexibility index (Phi) is 5.71. The van der Waals surface area contributed by atoms with Crippen LogP contribution in [0.4, 0.5) is 0 Å². The first-order chi connectivity index (χ1) is 14.0. The molecular weight excluding hydrogens is 370 g/mol. The van der Waals surface area contributed by atoms with Crippen LogP contribution in [0, 0.1) is 0 Å². The van der Waals surface area contributed by atoms with Crippen LogP contribution in [0.3, 0.4) is 0 Å². The molecule has 4 heterocycles. The number of aryl methyl sites for hydroxylation is 1. The molecule has 1 saturated heterocycles. The summed E-state index contributed by atoms with van der Waals surface area (Å²) in [5.41, 5.74) is -0.497. The maximum atomic E-state index is 12.7. The molecule has 1 atom stereocenters. The average Bonchev–Trinajstić information content (AvgIpc) is 3.33. The molecule has 1 N–H and O–H groups in total. The molecular formula is C20H31N7O2. The van der Waals surface area contributed by atoms with Gasteiger partial charge < -0.3 is 24.1 Å². The minimum atomic E-state index is -0.497. The van der Waals surface area contributed by atoms with Gasteiger partial charge in [-0.15, -0.1) is 0 Å². The number of nitrogens with zero attached hydrogens (tertiary/aromatic N) is 6. The van der Waals surface area contributed by atoms with Crippen molar-refractivity contribution in [3.63, 3.8) is 0 Å². The van der Waals surface area contributed by atoms with Gasteiger partial charge in [-0.2, -0.15) is 0 Å². The fourth-order valence-electron chi connectivity index (χ4n) is 4.21. The van der Waals surface area contributed by atoms with Crippen LogP contribution < -0.4 is 5.32 Å². The van der Waals surface area contributed by atoms with Gasteiger partial charge in [-0.05, 0) is 26.9 Å². The Labute approximate surface area is 171 Å². The van der Waals surface area contributed by atoms with Gasteiger partial charge in [0, 0.05) is 58.0 Å². The summed E-state index contributed by atoms with van der Waals surface area (Å²) in [4.78, 5) is 26.2. The summed E-state index contributed by atoms with van der Waals surface area (Å²) in [6.07, 6.45) is 8.72. The van der Waals surface area contributed by atoms with E-state index in [1.54, 1.807) is 0 Å². The normalized spacial score (nSPS) is 21.4. The highest BCUT2D eigenvalue weighted by molar-refractivity contribution is 5.80. The highest BCUT2D eigenvalue weighted by atomic mass is 16.5. The maximum absolute atomic E-state index is 12.7. The van der Waals surface area contributed by atoms with Gasteiger partial charge in [-0.25, -0.2) is 9.97 Å². The van der Waals surface area contributed by atoms with Crippen LogP contribution in [0.15, 0.2) is 24.8 Å². The third-order valence-electron chi connectivity index (χ3n) is 5.95. The van der Waals surface area contributed by atoms with E-state index in [2.05, 4.69) is 34.2 Å². The second-order valence-corrected chi connectivity index (χ2v) is 8.33. The third kappa shape index (κ3) is 4.22. The molecule has 0 bridgehead atoms. The van der Waals surface area contributed by atoms with Crippen LogP contribution in [0.1, 0.15) is 24.5 Å². The molecule has 29 heavy (non-hydrogen) atoms. The lowest BCUT2D eigenvalue weighted by Crippen LogP contribution is -2.54. The van der Waals surface area contributed by atoms with E-state index in [0.29, 0.717) is 13.1 Å². The molecule has 2 aliphatic heterocycles. The highest BCUT2D eigenvalue weighted by Gasteiger charge is 2.47. The average molecular weight is 402 g/mol. The van der Waals surface area contributed by atoms with Gasteiger partial charge in [0.2, 0.25) is 0 Å². The van der Waals surface area contributed by atoms with Gasteiger partial charge in [-0.1, -0.05) is 0 Å². The first kappa shape index (κ1) is 20.1. The first-order valence-electron chi connectivity index (χ1n) is 10.3. The standard InChI is InChI=1S/C20H31N7O2/c1-24(2)11-6-22-18(28)16-14-27-13-8-23-19(27)20(29-16)4-9-26(10-5-20)15-17-21-7-12-25(17)3/h7-8,12-13,16H,4-6,9-11,14-15H2,1-3H3,(H,22,28)/t16-/m1/s1. The highest BCUT2D eigenvalue weighted by Crippen LogP contribution is 2.40. The number of nitrogens with one attached hydrogen (secondary N) is 1. The van der Waals surface area contributed by atoms with E-state index in [-0.39, 0.29) is 5.91 Å². The van der Waals surface area contributed by atoms with E-state index in [9.17, 15) is 4.79 Å². The second-order valence-electron chi connectivity index (χ2n) is 8.33. The molecule has 1 spiro atoms. The van der Waals surface area contributed by atoms with Crippen molar-refractivity contribution in [2.45, 2.75) is 37.6 Å². The molecule has 1 fully saturated rings. The lowest BCUT2D eigenvalue weighted by molar-refractivity contribution is -0.173. The molecule has 0 aromatic carbocycles. The number of carbonyl (C=O) groups is 1. The summed E-state index contributed by atoms with van der Waals surface area (Å²) in [6.45, 7) is 4.53. The van der Waals surface area contributed by atoms with Crippen molar-refractivity contribution in [3.8, 4) is 0 Å². The molecule has 2 aliphatic rings. The first-order valence-corrected chi connectivity index (χ1v) is 10.3. The van der Waals surface area contributed by atoms with Crippen molar-refractivity contribution in [2.75, 3.05) is 40.3 Å². The van der Waals surface area contributed by atoms with Gasteiger partial charge in [0.25, 0.3) is 5.91 Å². The predicted molar refractivity (Wildman–Crippen MR) is 108 cm³/mol. The summed E-state index contributed by atoms with van der Waals surface area (Å²) in [5.74, 6) is 1.97. The number of hydrogen-bond donors (Lipinski definition) is 1. The maximum Gasteiger partial charge on any atom is 0.251 e. The summed E-state index contributed by atoms with van der Waals surface area (Å²) in [6, 6.07) is 0. The molecule has 2 aromatic rings. The zero-order chi connectivity index (χ0) is 20.4. The number of amides is 1. The number of hydrogen-bond acceptors (Lipinski definition) is 6. The molecule has 158 valence electrons. The van der Waals surface area contributed by atoms with Crippen molar-refractivity contribution in [1.29, 1.82) is 0 Å². The van der Waals surface area contributed by atoms with Gasteiger partial charge in [-0.3, -0.25) is 9.69 Å². The minimum absolute atomic E-state index is 0.0407. The Morgan fingerprint density at radius 1 is 1.28 bits per heavy atom. The molecule has 0 aliphatic carbocycles. The van der Waals surface area contributed by atoms with Crippen molar-refractivity contribution >= 4 is 5.91 Å². The zero-order valence-corrected chi connectivity index (χ0v) is 17.5. The molecule has 4 rings (SSSR count). The molecule has 9 nitrogen and oxygen atoms in total. The summed E-state index contributed by atoms with van der Waals surface area (Å²) < 4.78 is 10.6. The van der Waals surface area contributed by atoms with E-state index < -0.39 is 11.7 Å². The number of rotatable bonds is 6. The number of imidazole rings is 2. The monoisotopic (exact) mass is 401 g/mol. The van der Waals surface area contributed by atoms with Crippen molar-refractivity contribution in [1.82, 2.24) is 34.2 Å². The second kappa shape index (κ2) is 8.25. The number of piperidine rings is 1. The fourth-order valence-corrected chi connectivity index (χ4v) is 4.21. The molecule has 0 unspecified atom stereocenters. The largest absolute Gasteiger partial charge is 0.352 e. The van der Waals surface area contributed by atoms with E-state index in [4.69, 9.17) is 4.74 Å². The number of likely N-dealkylation sites (tertiary alicyclic amines) is 1. The molecule has 2 aromatic heterocycles. The minimum Gasteiger partial charge on any atom is -0.352 e. The zero-order valence-electron chi connectivity index (χ0n) is 17.5. The van der Waals surface area contributed by atoms with Crippen molar-refractivity contribution in [2.24, 2.45) is 7.05 Å². The van der Waals surface area contributed by atoms with Crippen LogP contribution in [0.2, 0.25) is 0 Å². The number of likely N-dealkylation sites (N-methyl/N-ethyl adjacent to an activating group) is 1. The molecule has 0 saturated carbocycles. The Hall–Kier alpha value is -2.23. The summed E-state index contributed by atoms with van der Waals surface area (Å²) >= 11 is 0. The van der Waals surface area contributed by atoms with Crippen molar-refractivity contribution < 1.29 is 9.53 Å².